The lowest BCUT2D eigenvalue weighted by molar-refractivity contribution is -0.110. The molecule has 0 fully saturated rings. The maximum absolute atomic E-state index is 13.4. The van der Waals surface area contributed by atoms with Crippen molar-refractivity contribution in [3.05, 3.63) is 99.0 Å². The maximum atomic E-state index is 13.4. The van der Waals surface area contributed by atoms with E-state index in [9.17, 15) is 9.59 Å². The first-order chi connectivity index (χ1) is 14.1. The first kappa shape index (κ1) is 17.6. The van der Waals surface area contributed by atoms with E-state index in [1.54, 1.807) is 18.2 Å². The van der Waals surface area contributed by atoms with Gasteiger partial charge in [-0.2, -0.15) is 0 Å². The van der Waals surface area contributed by atoms with E-state index < -0.39 is 0 Å². The number of hydrogen-bond acceptors (Lipinski definition) is 3. The molecule has 0 atom stereocenters. The highest BCUT2D eigenvalue weighted by Gasteiger charge is 2.24. The summed E-state index contributed by atoms with van der Waals surface area (Å²) in [7, 11) is 0. The number of fused-ring (bicyclic) bond motifs is 2. The van der Waals surface area contributed by atoms with Crippen molar-refractivity contribution in [2.45, 2.75) is 0 Å². The number of nitrogens with one attached hydrogen (secondary N) is 1. The minimum absolute atomic E-state index is 0.193. The van der Waals surface area contributed by atoms with Crippen molar-refractivity contribution in [3.63, 3.8) is 0 Å². The van der Waals surface area contributed by atoms with Crippen molar-refractivity contribution in [2.75, 3.05) is 5.32 Å². The van der Waals surface area contributed by atoms with Gasteiger partial charge in [0.2, 0.25) is 0 Å². The predicted octanol–water partition coefficient (Wildman–Crippen LogP) is 4.64. The molecule has 1 N–H and O–H groups in total. The molecule has 5 rings (SSSR count). The molecule has 0 saturated carbocycles. The standard InChI is InChI=1S/C23H14BrN3O2/c24-14-10-11-20-18(12-14)23(29)27(15-6-2-1-3-7-15)21(25-20)13-17-16-8-4-5-9-19(16)26-22(17)28/h1-13H,(H,26,28). The number of amides is 1. The molecule has 1 aromatic heterocycles. The molecule has 6 heteroatoms. The summed E-state index contributed by atoms with van der Waals surface area (Å²) in [5, 5.41) is 3.36. The van der Waals surface area contributed by atoms with Gasteiger partial charge in [0, 0.05) is 15.7 Å². The maximum Gasteiger partial charge on any atom is 0.266 e. The molecule has 2 heterocycles. The Balaban J connectivity index is 1.83. The van der Waals surface area contributed by atoms with Crippen molar-refractivity contribution in [1.29, 1.82) is 0 Å². The third kappa shape index (κ3) is 2.98. The molecule has 1 aliphatic rings. The van der Waals surface area contributed by atoms with Crippen molar-refractivity contribution < 1.29 is 4.79 Å². The normalized spacial score (nSPS) is 14.2. The average molecular weight is 444 g/mol. The smallest absolute Gasteiger partial charge is 0.266 e. The molecular weight excluding hydrogens is 430 g/mol. The van der Waals surface area contributed by atoms with E-state index in [1.165, 1.54) is 4.57 Å². The topological polar surface area (TPSA) is 64.0 Å². The fraction of sp³-hybridized carbons (Fsp3) is 0. The summed E-state index contributed by atoms with van der Waals surface area (Å²) in [6.45, 7) is 0. The molecule has 1 amide bonds. The van der Waals surface area contributed by atoms with E-state index >= 15 is 0 Å². The summed E-state index contributed by atoms with van der Waals surface area (Å²) in [5.74, 6) is 0.189. The van der Waals surface area contributed by atoms with Crippen LogP contribution in [-0.4, -0.2) is 15.5 Å². The van der Waals surface area contributed by atoms with Crippen LogP contribution in [0.15, 0.2) is 82.1 Å². The van der Waals surface area contributed by atoms with Crippen LogP contribution in [0.2, 0.25) is 0 Å². The summed E-state index contributed by atoms with van der Waals surface area (Å²) in [6.07, 6.45) is 1.68. The summed E-state index contributed by atoms with van der Waals surface area (Å²) in [5.41, 5.74) is 3.09. The van der Waals surface area contributed by atoms with Crippen molar-refractivity contribution in [1.82, 2.24) is 9.55 Å². The zero-order valence-corrected chi connectivity index (χ0v) is 16.7. The molecule has 0 radical (unpaired) electrons. The number of anilines is 1. The molecule has 5 nitrogen and oxygen atoms in total. The Morgan fingerprint density at radius 2 is 1.69 bits per heavy atom. The first-order valence-corrected chi connectivity index (χ1v) is 9.81. The molecule has 0 spiro atoms. The molecule has 3 aromatic carbocycles. The van der Waals surface area contributed by atoms with E-state index in [1.807, 2.05) is 60.7 Å². The monoisotopic (exact) mass is 443 g/mol. The van der Waals surface area contributed by atoms with Gasteiger partial charge in [-0.1, -0.05) is 52.3 Å². The Bertz CT molecular complexity index is 1370. The van der Waals surface area contributed by atoms with Gasteiger partial charge in [0.1, 0.15) is 5.82 Å². The van der Waals surface area contributed by atoms with Crippen LogP contribution in [0, 0.1) is 0 Å². The lowest BCUT2D eigenvalue weighted by atomic mass is 10.1. The zero-order chi connectivity index (χ0) is 20.0. The van der Waals surface area contributed by atoms with Gasteiger partial charge in [0.05, 0.1) is 22.2 Å². The van der Waals surface area contributed by atoms with Gasteiger partial charge in [-0.15, -0.1) is 0 Å². The van der Waals surface area contributed by atoms with Crippen molar-refractivity contribution >= 4 is 50.1 Å². The van der Waals surface area contributed by atoms with E-state index in [0.29, 0.717) is 28.0 Å². The Hall–Kier alpha value is -3.51. The summed E-state index contributed by atoms with van der Waals surface area (Å²) in [6, 6.07) is 22.2. The summed E-state index contributed by atoms with van der Waals surface area (Å²) >= 11 is 3.42. The third-order valence-corrected chi connectivity index (χ3v) is 5.35. The molecule has 0 saturated heterocycles. The van der Waals surface area contributed by atoms with E-state index in [0.717, 1.165) is 15.7 Å². The second-order valence-corrected chi connectivity index (χ2v) is 7.58. The fourth-order valence-electron chi connectivity index (χ4n) is 3.51. The molecule has 0 aliphatic carbocycles. The lowest BCUT2D eigenvalue weighted by Gasteiger charge is -2.12. The van der Waals surface area contributed by atoms with Crippen LogP contribution >= 0.6 is 15.9 Å². The van der Waals surface area contributed by atoms with Gasteiger partial charge in [0.15, 0.2) is 0 Å². The minimum Gasteiger partial charge on any atom is -0.321 e. The van der Waals surface area contributed by atoms with Crippen LogP contribution in [0.5, 0.6) is 0 Å². The van der Waals surface area contributed by atoms with Crippen LogP contribution in [0.4, 0.5) is 5.69 Å². The Morgan fingerprint density at radius 1 is 0.931 bits per heavy atom. The first-order valence-electron chi connectivity index (χ1n) is 9.02. The van der Waals surface area contributed by atoms with Crippen LogP contribution in [0.1, 0.15) is 11.4 Å². The Kier molecular flexibility index (Phi) is 4.14. The van der Waals surface area contributed by atoms with Crippen LogP contribution in [0.3, 0.4) is 0 Å². The lowest BCUT2D eigenvalue weighted by Crippen LogP contribution is -2.22. The SMILES string of the molecule is O=C1Nc2ccccc2C1=Cc1nc2ccc(Br)cc2c(=O)n1-c1ccccc1. The van der Waals surface area contributed by atoms with Crippen molar-refractivity contribution in [2.24, 2.45) is 0 Å². The van der Waals surface area contributed by atoms with Crippen molar-refractivity contribution in [3.8, 4) is 5.69 Å². The van der Waals surface area contributed by atoms with E-state index in [2.05, 4.69) is 21.2 Å². The minimum atomic E-state index is -0.212. The molecule has 29 heavy (non-hydrogen) atoms. The van der Waals surface area contributed by atoms with Gasteiger partial charge in [0.25, 0.3) is 11.5 Å². The Morgan fingerprint density at radius 3 is 2.52 bits per heavy atom. The molecule has 4 aromatic rings. The average Bonchev–Trinajstić information content (AvgIpc) is 3.05. The highest BCUT2D eigenvalue weighted by Crippen LogP contribution is 2.32. The number of benzene rings is 3. The summed E-state index contributed by atoms with van der Waals surface area (Å²) < 4.78 is 2.34. The zero-order valence-electron chi connectivity index (χ0n) is 15.1. The number of carbonyl (C=O) groups excluding carboxylic acids is 1. The quantitative estimate of drug-likeness (QED) is 0.459. The van der Waals surface area contributed by atoms with Crippen LogP contribution in [0.25, 0.3) is 28.2 Å². The third-order valence-electron chi connectivity index (χ3n) is 4.85. The fourth-order valence-corrected chi connectivity index (χ4v) is 3.87. The molecule has 0 unspecified atom stereocenters. The molecule has 0 bridgehead atoms. The second-order valence-electron chi connectivity index (χ2n) is 6.67. The number of para-hydroxylation sites is 2. The van der Waals surface area contributed by atoms with E-state index in [-0.39, 0.29) is 11.5 Å². The Labute approximate surface area is 174 Å². The largest absolute Gasteiger partial charge is 0.321 e. The van der Waals surface area contributed by atoms with Crippen LogP contribution in [-0.2, 0) is 4.79 Å². The number of halogens is 1. The number of aromatic nitrogens is 2. The van der Waals surface area contributed by atoms with Gasteiger partial charge < -0.3 is 5.32 Å². The van der Waals surface area contributed by atoms with Gasteiger partial charge in [-0.3, -0.25) is 14.2 Å². The molecular formula is C23H14BrN3O2. The van der Waals surface area contributed by atoms with Gasteiger partial charge in [-0.05, 0) is 42.5 Å². The number of nitrogens with zero attached hydrogens (tertiary/aromatic N) is 2. The number of rotatable bonds is 2. The number of carbonyl (C=O) groups is 1. The molecule has 140 valence electrons. The number of hydrogen-bond donors (Lipinski definition) is 1. The van der Waals surface area contributed by atoms with E-state index in [4.69, 9.17) is 4.98 Å². The predicted molar refractivity (Wildman–Crippen MR) is 118 cm³/mol. The highest BCUT2D eigenvalue weighted by molar-refractivity contribution is 9.10. The molecule has 1 aliphatic heterocycles. The van der Waals surface area contributed by atoms with Gasteiger partial charge in [-0.25, -0.2) is 4.98 Å². The highest BCUT2D eigenvalue weighted by atomic mass is 79.9. The van der Waals surface area contributed by atoms with Gasteiger partial charge >= 0.3 is 0 Å². The summed E-state index contributed by atoms with van der Waals surface area (Å²) in [4.78, 5) is 30.7. The second kappa shape index (κ2) is 6.83. The van der Waals surface area contributed by atoms with Crippen LogP contribution < -0.4 is 10.9 Å².